The van der Waals surface area contributed by atoms with Crippen molar-refractivity contribution in [1.82, 2.24) is 14.9 Å². The third-order valence-electron chi connectivity index (χ3n) is 4.18. The number of piperazine rings is 1. The number of hydrogen-bond acceptors (Lipinski definition) is 7. The number of ether oxygens (including phenoxy) is 1. The van der Waals surface area contributed by atoms with E-state index in [-0.39, 0.29) is 10.9 Å². The van der Waals surface area contributed by atoms with Gasteiger partial charge < -0.3 is 19.6 Å². The number of rotatable bonds is 5. The summed E-state index contributed by atoms with van der Waals surface area (Å²) in [5.41, 5.74) is 0.150. The molecule has 1 aliphatic heterocycles. The van der Waals surface area contributed by atoms with E-state index in [0.29, 0.717) is 38.4 Å². The number of anilines is 1. The summed E-state index contributed by atoms with van der Waals surface area (Å²) in [6, 6.07) is 1.89. The molecule has 0 saturated carbocycles. The Morgan fingerprint density at radius 2 is 1.93 bits per heavy atom. The van der Waals surface area contributed by atoms with Crippen LogP contribution < -0.4 is 4.90 Å². The molecule has 0 bridgehead atoms. The number of thioether (sulfide) groups is 1. The number of aromatic nitrogens is 2. The molecule has 8 nitrogen and oxygen atoms in total. The molecule has 1 aromatic rings. The summed E-state index contributed by atoms with van der Waals surface area (Å²) in [6.45, 7) is 8.14. The number of hydrogen-bond donors (Lipinski definition) is 2. The fraction of sp³-hybridized carbons (Fsp3) is 0.647. The predicted molar refractivity (Wildman–Crippen MR) is 109 cm³/mol. The number of thiol groups is 1. The first-order valence-electron chi connectivity index (χ1n) is 8.63. The van der Waals surface area contributed by atoms with Gasteiger partial charge in [-0.05, 0) is 6.26 Å². The van der Waals surface area contributed by atoms with E-state index in [2.05, 4.69) is 22.5 Å². The van der Waals surface area contributed by atoms with Gasteiger partial charge in [-0.2, -0.15) is 0 Å². The second kappa shape index (κ2) is 9.01. The second-order valence-corrected chi connectivity index (χ2v) is 8.66. The Morgan fingerprint density at radius 1 is 1.30 bits per heavy atom. The van der Waals surface area contributed by atoms with E-state index in [0.717, 1.165) is 11.5 Å². The van der Waals surface area contributed by atoms with Crippen LogP contribution in [-0.4, -0.2) is 69.2 Å². The molecule has 1 fully saturated rings. The van der Waals surface area contributed by atoms with Gasteiger partial charge in [-0.25, -0.2) is 19.6 Å². The molecule has 1 saturated heterocycles. The van der Waals surface area contributed by atoms with E-state index in [9.17, 15) is 9.59 Å². The molecule has 27 heavy (non-hydrogen) atoms. The maximum absolute atomic E-state index is 11.2. The average Bonchev–Trinajstić information content (AvgIpc) is 2.59. The highest BCUT2D eigenvalue weighted by atomic mass is 32.2. The smallest absolute Gasteiger partial charge is 0.407 e. The summed E-state index contributed by atoms with van der Waals surface area (Å²) in [4.78, 5) is 35.1. The number of carbonyl (C=O) groups excluding carboxylic acids is 1. The lowest BCUT2D eigenvalue weighted by atomic mass is 9.95. The number of carbonyl (C=O) groups is 2. The van der Waals surface area contributed by atoms with Crippen molar-refractivity contribution in [2.24, 2.45) is 0 Å². The van der Waals surface area contributed by atoms with Gasteiger partial charge in [0.1, 0.15) is 11.6 Å². The van der Waals surface area contributed by atoms with Gasteiger partial charge in [0, 0.05) is 44.1 Å². The van der Waals surface area contributed by atoms with E-state index in [1.807, 2.05) is 33.1 Å². The van der Waals surface area contributed by atoms with Gasteiger partial charge in [0.15, 0.2) is 5.44 Å². The quantitative estimate of drug-likeness (QED) is 0.431. The van der Waals surface area contributed by atoms with Crippen LogP contribution in [0.15, 0.2) is 6.07 Å². The molecule has 0 radical (unpaired) electrons. The van der Waals surface area contributed by atoms with Crippen molar-refractivity contribution in [3.05, 3.63) is 17.6 Å². The number of amides is 1. The minimum Gasteiger partial charge on any atom is -0.465 e. The van der Waals surface area contributed by atoms with Gasteiger partial charge in [0.05, 0.1) is 5.69 Å². The van der Waals surface area contributed by atoms with E-state index in [4.69, 9.17) is 14.8 Å². The van der Waals surface area contributed by atoms with Crippen molar-refractivity contribution in [2.45, 2.75) is 38.0 Å². The van der Waals surface area contributed by atoms with Crippen LogP contribution in [0.3, 0.4) is 0 Å². The Kier molecular flexibility index (Phi) is 7.21. The predicted octanol–water partition coefficient (Wildman–Crippen LogP) is 2.87. The highest BCUT2D eigenvalue weighted by molar-refractivity contribution is 7.99. The highest BCUT2D eigenvalue weighted by Crippen LogP contribution is 2.25. The van der Waals surface area contributed by atoms with Crippen LogP contribution in [0.5, 0.6) is 0 Å². The molecule has 150 valence electrons. The fourth-order valence-electron chi connectivity index (χ4n) is 2.67. The molecule has 1 aromatic heterocycles. The Labute approximate surface area is 169 Å². The van der Waals surface area contributed by atoms with Crippen LogP contribution in [0.2, 0.25) is 0 Å². The molecule has 1 N–H and O–H groups in total. The van der Waals surface area contributed by atoms with E-state index < -0.39 is 11.4 Å². The third kappa shape index (κ3) is 6.17. The molecular weight excluding hydrogens is 388 g/mol. The first kappa shape index (κ1) is 21.6. The highest BCUT2D eigenvalue weighted by Gasteiger charge is 2.25. The van der Waals surface area contributed by atoms with E-state index >= 15 is 0 Å². The lowest BCUT2D eigenvalue weighted by Crippen LogP contribution is -2.48. The molecule has 2 heterocycles. The standard InChI is InChI=1S/C17H26N4O4S2/c1-17(2,3)14-18-11(10-13(27-4)25-16(24)26)9-12(19-14)20-5-7-21(8-6-20)15(22)23/h9,13H,5-8,10H2,1-4H3,(H,22,23)(H,24,26). The van der Waals surface area contributed by atoms with Gasteiger partial charge >= 0.3 is 11.4 Å². The zero-order valence-corrected chi connectivity index (χ0v) is 17.7. The minimum absolute atomic E-state index is 0.247. The Morgan fingerprint density at radius 3 is 2.41 bits per heavy atom. The number of carboxylic acid groups (broad SMARTS) is 1. The third-order valence-corrected chi connectivity index (χ3v) is 5.08. The van der Waals surface area contributed by atoms with Crippen LogP contribution in [0.1, 0.15) is 32.3 Å². The second-order valence-electron chi connectivity index (χ2n) is 7.30. The van der Waals surface area contributed by atoms with Crippen molar-refractivity contribution < 1.29 is 19.4 Å². The lowest BCUT2D eigenvalue weighted by Gasteiger charge is -2.34. The van der Waals surface area contributed by atoms with Crippen molar-refractivity contribution in [1.29, 1.82) is 0 Å². The molecule has 1 atom stereocenters. The molecule has 2 rings (SSSR count). The molecule has 0 aliphatic carbocycles. The first-order chi connectivity index (χ1) is 12.6. The summed E-state index contributed by atoms with van der Waals surface area (Å²) in [5, 5.41) is 8.50. The summed E-state index contributed by atoms with van der Waals surface area (Å²) in [6.07, 6.45) is 1.41. The summed E-state index contributed by atoms with van der Waals surface area (Å²) in [5.74, 6) is 1.47. The molecular formula is C17H26N4O4S2. The van der Waals surface area contributed by atoms with Gasteiger partial charge in [-0.15, -0.1) is 11.8 Å². The van der Waals surface area contributed by atoms with Gasteiger partial charge in [-0.3, -0.25) is 0 Å². The van der Waals surface area contributed by atoms with Gasteiger partial charge in [0.25, 0.3) is 0 Å². The molecule has 10 heteroatoms. The van der Waals surface area contributed by atoms with Crippen molar-refractivity contribution in [2.75, 3.05) is 37.3 Å². The Balaban J connectivity index is 2.26. The van der Waals surface area contributed by atoms with Crippen LogP contribution in [0, 0.1) is 0 Å². The molecule has 1 amide bonds. The largest absolute Gasteiger partial charge is 0.465 e. The van der Waals surface area contributed by atoms with Crippen molar-refractivity contribution in [3.8, 4) is 0 Å². The average molecular weight is 415 g/mol. The normalized spacial score (nSPS) is 16.2. The summed E-state index contributed by atoms with van der Waals surface area (Å²) >= 11 is 5.10. The Hall–Kier alpha value is -1.68. The summed E-state index contributed by atoms with van der Waals surface area (Å²) in [7, 11) is 0. The lowest BCUT2D eigenvalue weighted by molar-refractivity contribution is 0.142. The van der Waals surface area contributed by atoms with Crippen molar-refractivity contribution in [3.63, 3.8) is 0 Å². The molecule has 1 unspecified atom stereocenters. The monoisotopic (exact) mass is 414 g/mol. The molecule has 1 aliphatic rings. The van der Waals surface area contributed by atoms with Gasteiger partial charge in [0.2, 0.25) is 0 Å². The SMILES string of the molecule is CSC(Cc1cc(N2CCN(C(=O)O)CC2)nc(C(C)(C)C)n1)OC(=O)S. The fourth-order valence-corrected chi connectivity index (χ4v) is 3.39. The Bertz CT molecular complexity index is 688. The van der Waals surface area contributed by atoms with Crippen molar-refractivity contribution >= 4 is 41.6 Å². The number of nitrogens with zero attached hydrogens (tertiary/aromatic N) is 4. The first-order valence-corrected chi connectivity index (χ1v) is 10.4. The topological polar surface area (TPSA) is 95.9 Å². The molecule has 0 aromatic carbocycles. The van der Waals surface area contributed by atoms with E-state index in [1.54, 1.807) is 0 Å². The minimum atomic E-state index is -0.898. The van der Waals surface area contributed by atoms with Crippen LogP contribution in [0.25, 0.3) is 0 Å². The molecule has 0 spiro atoms. The maximum atomic E-state index is 11.2. The van der Waals surface area contributed by atoms with Gasteiger partial charge in [-0.1, -0.05) is 33.4 Å². The zero-order valence-electron chi connectivity index (χ0n) is 16.0. The maximum Gasteiger partial charge on any atom is 0.407 e. The van der Waals surface area contributed by atoms with E-state index in [1.165, 1.54) is 16.7 Å². The van der Waals surface area contributed by atoms with Crippen LogP contribution in [0.4, 0.5) is 15.4 Å². The van der Waals surface area contributed by atoms with Crippen LogP contribution in [-0.2, 0) is 16.6 Å². The zero-order chi connectivity index (χ0) is 20.2. The van der Waals surface area contributed by atoms with Crippen LogP contribution >= 0.6 is 24.4 Å². The summed E-state index contributed by atoms with van der Waals surface area (Å²) < 4.78 is 5.20.